The summed E-state index contributed by atoms with van der Waals surface area (Å²) < 4.78 is 5.23. The number of aryl methyl sites for hydroxylation is 4. The second kappa shape index (κ2) is 6.77. The Morgan fingerprint density at radius 1 is 1.33 bits per heavy atom. The summed E-state index contributed by atoms with van der Waals surface area (Å²) in [4.78, 5) is 14.9. The first-order valence-corrected chi connectivity index (χ1v) is 8.46. The number of hydrogen-bond acceptors (Lipinski definition) is 4. The molecule has 2 aromatic rings. The van der Waals surface area contributed by atoms with Crippen molar-refractivity contribution in [3.8, 4) is 0 Å². The van der Waals surface area contributed by atoms with Crippen LogP contribution in [0.4, 0.5) is 0 Å². The summed E-state index contributed by atoms with van der Waals surface area (Å²) in [5.74, 6) is 0.913. The smallest absolute Gasteiger partial charge is 0.251 e. The molecule has 1 saturated heterocycles. The van der Waals surface area contributed by atoms with E-state index in [4.69, 9.17) is 4.52 Å². The number of hydrogen-bond donors (Lipinski definition) is 1. The number of carbonyl (C=O) groups excluding carboxylic acids is 1. The molecule has 2 heterocycles. The minimum atomic E-state index is 0.0281. The zero-order valence-corrected chi connectivity index (χ0v) is 14.8. The third-order valence-electron chi connectivity index (χ3n) is 4.81. The minimum Gasteiger partial charge on any atom is -0.361 e. The number of likely N-dealkylation sites (tertiary alicyclic amines) is 1. The van der Waals surface area contributed by atoms with E-state index in [1.165, 1.54) is 0 Å². The van der Waals surface area contributed by atoms with Crippen molar-refractivity contribution < 1.29 is 9.32 Å². The Hall–Kier alpha value is -2.14. The number of carbonyl (C=O) groups is 1. The second-order valence-corrected chi connectivity index (χ2v) is 6.82. The normalized spacial score (nSPS) is 18.1. The molecule has 1 aromatic carbocycles. The van der Waals surface area contributed by atoms with Crippen molar-refractivity contribution in [1.29, 1.82) is 0 Å². The predicted molar refractivity (Wildman–Crippen MR) is 93.0 cm³/mol. The molecule has 3 rings (SSSR count). The highest BCUT2D eigenvalue weighted by atomic mass is 16.5. The standard InChI is InChI=1S/C19H25N3O2/c1-12-5-6-13(2)17(9-12)19(23)20-16-7-8-22(10-16)11-18-14(3)21-24-15(18)4/h5-6,9,16H,7-8,10-11H2,1-4H3,(H,20,23)/t16-/m1/s1. The first-order valence-electron chi connectivity index (χ1n) is 8.46. The maximum absolute atomic E-state index is 12.6. The third-order valence-corrected chi connectivity index (χ3v) is 4.81. The van der Waals surface area contributed by atoms with E-state index in [1.54, 1.807) is 0 Å². The summed E-state index contributed by atoms with van der Waals surface area (Å²) in [6, 6.07) is 6.19. The lowest BCUT2D eigenvalue weighted by atomic mass is 10.0. The van der Waals surface area contributed by atoms with Crippen molar-refractivity contribution in [3.63, 3.8) is 0 Å². The lowest BCUT2D eigenvalue weighted by molar-refractivity contribution is 0.0937. The number of nitrogens with one attached hydrogen (secondary N) is 1. The van der Waals surface area contributed by atoms with Gasteiger partial charge in [0, 0.05) is 36.8 Å². The molecule has 1 amide bonds. The Kier molecular flexibility index (Phi) is 4.71. The van der Waals surface area contributed by atoms with Crippen LogP contribution in [0.2, 0.25) is 0 Å². The zero-order valence-electron chi connectivity index (χ0n) is 14.8. The highest BCUT2D eigenvalue weighted by Crippen LogP contribution is 2.19. The summed E-state index contributed by atoms with van der Waals surface area (Å²) in [5, 5.41) is 7.19. The van der Waals surface area contributed by atoms with Gasteiger partial charge in [-0.25, -0.2) is 0 Å². The van der Waals surface area contributed by atoms with E-state index in [1.807, 2.05) is 45.9 Å². The van der Waals surface area contributed by atoms with Gasteiger partial charge in [-0.1, -0.05) is 22.9 Å². The molecule has 5 nitrogen and oxygen atoms in total. The molecular formula is C19H25N3O2. The fraction of sp³-hybridized carbons (Fsp3) is 0.474. The summed E-state index contributed by atoms with van der Waals surface area (Å²) in [6.07, 6.45) is 0.972. The topological polar surface area (TPSA) is 58.4 Å². The molecule has 1 aliphatic heterocycles. The highest BCUT2D eigenvalue weighted by molar-refractivity contribution is 5.96. The highest BCUT2D eigenvalue weighted by Gasteiger charge is 2.26. The molecule has 1 atom stereocenters. The van der Waals surface area contributed by atoms with Crippen LogP contribution in [0.25, 0.3) is 0 Å². The summed E-state index contributed by atoms with van der Waals surface area (Å²) >= 11 is 0. The van der Waals surface area contributed by atoms with E-state index in [0.717, 1.165) is 59.8 Å². The van der Waals surface area contributed by atoms with E-state index < -0.39 is 0 Å². The molecule has 0 spiro atoms. The van der Waals surface area contributed by atoms with Gasteiger partial charge in [0.2, 0.25) is 0 Å². The Morgan fingerprint density at radius 3 is 2.83 bits per heavy atom. The van der Waals surface area contributed by atoms with Gasteiger partial charge in [-0.3, -0.25) is 9.69 Å². The van der Waals surface area contributed by atoms with Crippen LogP contribution in [0.1, 0.15) is 44.9 Å². The largest absolute Gasteiger partial charge is 0.361 e. The predicted octanol–water partition coefficient (Wildman–Crippen LogP) is 2.91. The van der Waals surface area contributed by atoms with Crippen LogP contribution in [0.5, 0.6) is 0 Å². The van der Waals surface area contributed by atoms with Crippen molar-refractivity contribution in [2.75, 3.05) is 13.1 Å². The fourth-order valence-electron chi connectivity index (χ4n) is 3.29. The molecule has 1 N–H and O–H groups in total. The maximum Gasteiger partial charge on any atom is 0.251 e. The average Bonchev–Trinajstić information content (AvgIpc) is 3.11. The molecule has 0 radical (unpaired) electrons. The van der Waals surface area contributed by atoms with Gasteiger partial charge in [0.05, 0.1) is 5.69 Å². The minimum absolute atomic E-state index is 0.0281. The first kappa shape index (κ1) is 16.7. The molecule has 0 unspecified atom stereocenters. The van der Waals surface area contributed by atoms with Gasteiger partial charge in [-0.05, 0) is 45.7 Å². The second-order valence-electron chi connectivity index (χ2n) is 6.82. The van der Waals surface area contributed by atoms with Crippen LogP contribution in [0, 0.1) is 27.7 Å². The Labute approximate surface area is 143 Å². The zero-order chi connectivity index (χ0) is 17.3. The van der Waals surface area contributed by atoms with Gasteiger partial charge in [0.25, 0.3) is 5.91 Å². The molecule has 5 heteroatoms. The van der Waals surface area contributed by atoms with Crippen LogP contribution in [-0.4, -0.2) is 35.1 Å². The number of nitrogens with zero attached hydrogens (tertiary/aromatic N) is 2. The maximum atomic E-state index is 12.6. The lowest BCUT2D eigenvalue weighted by Crippen LogP contribution is -2.37. The van der Waals surface area contributed by atoms with Gasteiger partial charge in [-0.15, -0.1) is 0 Å². The van der Waals surface area contributed by atoms with E-state index in [2.05, 4.69) is 15.4 Å². The number of benzene rings is 1. The van der Waals surface area contributed by atoms with Crippen LogP contribution < -0.4 is 5.32 Å². The summed E-state index contributed by atoms with van der Waals surface area (Å²) in [7, 11) is 0. The van der Waals surface area contributed by atoms with Gasteiger partial charge in [0.1, 0.15) is 5.76 Å². The number of aromatic nitrogens is 1. The molecule has 0 saturated carbocycles. The van der Waals surface area contributed by atoms with Crippen molar-refractivity contribution >= 4 is 5.91 Å². The Balaban J connectivity index is 1.60. The van der Waals surface area contributed by atoms with E-state index in [-0.39, 0.29) is 11.9 Å². The lowest BCUT2D eigenvalue weighted by Gasteiger charge is -2.17. The third kappa shape index (κ3) is 3.51. The molecule has 128 valence electrons. The monoisotopic (exact) mass is 327 g/mol. The molecule has 0 aliphatic carbocycles. The van der Waals surface area contributed by atoms with Gasteiger partial charge in [0.15, 0.2) is 0 Å². The fourth-order valence-corrected chi connectivity index (χ4v) is 3.29. The van der Waals surface area contributed by atoms with Gasteiger partial charge >= 0.3 is 0 Å². The van der Waals surface area contributed by atoms with E-state index in [0.29, 0.717) is 0 Å². The molecule has 24 heavy (non-hydrogen) atoms. The van der Waals surface area contributed by atoms with Crippen molar-refractivity contribution in [3.05, 3.63) is 51.9 Å². The Bertz CT molecular complexity index is 732. The number of rotatable bonds is 4. The molecule has 1 fully saturated rings. The number of amides is 1. The molecule has 1 aromatic heterocycles. The van der Waals surface area contributed by atoms with Crippen molar-refractivity contribution in [2.45, 2.75) is 46.7 Å². The van der Waals surface area contributed by atoms with Crippen LogP contribution in [-0.2, 0) is 6.54 Å². The van der Waals surface area contributed by atoms with Gasteiger partial charge in [-0.2, -0.15) is 0 Å². The molecule has 1 aliphatic rings. The van der Waals surface area contributed by atoms with Crippen LogP contribution in [0.3, 0.4) is 0 Å². The SMILES string of the molecule is Cc1ccc(C)c(C(=O)N[C@@H]2CCN(Cc3c(C)noc3C)C2)c1. The Morgan fingerprint density at radius 2 is 2.12 bits per heavy atom. The van der Waals surface area contributed by atoms with E-state index in [9.17, 15) is 4.79 Å². The van der Waals surface area contributed by atoms with Crippen LogP contribution in [0.15, 0.2) is 22.7 Å². The quantitative estimate of drug-likeness (QED) is 0.938. The van der Waals surface area contributed by atoms with Crippen molar-refractivity contribution in [1.82, 2.24) is 15.4 Å². The van der Waals surface area contributed by atoms with Gasteiger partial charge < -0.3 is 9.84 Å². The first-order chi connectivity index (χ1) is 11.4. The summed E-state index contributed by atoms with van der Waals surface area (Å²) in [5.41, 5.74) is 5.02. The van der Waals surface area contributed by atoms with Crippen molar-refractivity contribution in [2.24, 2.45) is 0 Å². The molecular weight excluding hydrogens is 302 g/mol. The van der Waals surface area contributed by atoms with E-state index >= 15 is 0 Å². The molecule has 0 bridgehead atoms. The average molecular weight is 327 g/mol. The van der Waals surface area contributed by atoms with Crippen LogP contribution >= 0.6 is 0 Å². The summed E-state index contributed by atoms with van der Waals surface area (Å²) in [6.45, 7) is 10.6.